The Hall–Kier alpha value is -2.21. The van der Waals surface area contributed by atoms with Gasteiger partial charge in [0.2, 0.25) is 6.79 Å². The van der Waals surface area contributed by atoms with E-state index in [4.69, 9.17) is 32.7 Å². The van der Waals surface area contributed by atoms with Crippen LogP contribution in [0.5, 0.6) is 11.5 Å². The lowest BCUT2D eigenvalue weighted by atomic mass is 10.1. The van der Waals surface area contributed by atoms with Gasteiger partial charge >= 0.3 is 0 Å². The Bertz CT molecular complexity index is 1000. The Labute approximate surface area is 167 Å². The summed E-state index contributed by atoms with van der Waals surface area (Å²) in [6.45, 7) is 2.80. The molecule has 0 bridgehead atoms. The summed E-state index contributed by atoms with van der Waals surface area (Å²) in [5.41, 5.74) is 4.58. The number of benzene rings is 2. The van der Waals surface area contributed by atoms with Crippen molar-refractivity contribution in [2.75, 3.05) is 13.3 Å². The summed E-state index contributed by atoms with van der Waals surface area (Å²) in [5, 5.41) is 6.03. The molecule has 138 valence electrons. The van der Waals surface area contributed by atoms with Gasteiger partial charge in [0.1, 0.15) is 0 Å². The number of ether oxygens (including phenoxy) is 2. The van der Waals surface area contributed by atoms with E-state index >= 15 is 0 Å². The maximum absolute atomic E-state index is 6.43. The molecule has 0 fully saturated rings. The first-order valence-corrected chi connectivity index (χ1v) is 9.55. The lowest BCUT2D eigenvalue weighted by Crippen LogP contribution is -2.30. The molecule has 5 rings (SSSR count). The van der Waals surface area contributed by atoms with Crippen LogP contribution in [0.4, 0.5) is 0 Å². The van der Waals surface area contributed by atoms with E-state index in [9.17, 15) is 0 Å². The van der Waals surface area contributed by atoms with Gasteiger partial charge in [-0.2, -0.15) is 5.10 Å². The smallest absolute Gasteiger partial charge is 0.231 e. The van der Waals surface area contributed by atoms with E-state index in [1.807, 2.05) is 47.3 Å². The molecule has 0 radical (unpaired) electrons. The first-order chi connectivity index (χ1) is 13.2. The molecule has 7 heteroatoms. The second-order valence-corrected chi connectivity index (χ2v) is 7.61. The fraction of sp³-hybridized carbons (Fsp3) is 0.250. The Balaban J connectivity index is 1.36. The van der Waals surface area contributed by atoms with Crippen molar-refractivity contribution in [3.8, 4) is 17.2 Å². The lowest BCUT2D eigenvalue weighted by molar-refractivity contribution is 0.174. The summed E-state index contributed by atoms with van der Waals surface area (Å²) in [6.07, 6.45) is 2.89. The summed E-state index contributed by atoms with van der Waals surface area (Å²) < 4.78 is 12.9. The highest BCUT2D eigenvalue weighted by Crippen LogP contribution is 2.37. The Morgan fingerprint density at radius 3 is 2.63 bits per heavy atom. The quantitative estimate of drug-likeness (QED) is 0.648. The second kappa shape index (κ2) is 6.75. The molecular weight excluding hydrogens is 385 g/mol. The molecule has 2 aliphatic heterocycles. The number of halogens is 2. The molecule has 27 heavy (non-hydrogen) atoms. The largest absolute Gasteiger partial charge is 0.454 e. The first kappa shape index (κ1) is 16.9. The molecule has 0 N–H and O–H groups in total. The highest BCUT2D eigenvalue weighted by molar-refractivity contribution is 6.31. The van der Waals surface area contributed by atoms with Gasteiger partial charge in [0.15, 0.2) is 11.5 Å². The average Bonchev–Trinajstić information content (AvgIpc) is 3.29. The molecule has 2 aliphatic rings. The van der Waals surface area contributed by atoms with E-state index < -0.39 is 0 Å². The van der Waals surface area contributed by atoms with Crippen LogP contribution >= 0.6 is 23.2 Å². The third-order valence-corrected chi connectivity index (χ3v) is 5.62. The molecule has 3 aromatic rings. The van der Waals surface area contributed by atoms with Crippen molar-refractivity contribution in [3.05, 3.63) is 69.5 Å². The lowest BCUT2D eigenvalue weighted by Gasteiger charge is -2.27. The first-order valence-electron chi connectivity index (χ1n) is 8.79. The molecule has 0 spiro atoms. The maximum Gasteiger partial charge on any atom is 0.231 e. The third-order valence-electron chi connectivity index (χ3n) is 5.02. The SMILES string of the molecule is Clc1ccc(-n2ncc3c2CCN(Cc2cc4c(cc2Cl)OCO4)C3)cc1. The van der Waals surface area contributed by atoms with E-state index in [2.05, 4.69) is 10.00 Å². The van der Waals surface area contributed by atoms with Crippen LogP contribution in [0.15, 0.2) is 42.6 Å². The molecular formula is C20H17Cl2N3O2. The van der Waals surface area contributed by atoms with E-state index in [-0.39, 0.29) is 6.79 Å². The zero-order valence-corrected chi connectivity index (χ0v) is 16.0. The maximum atomic E-state index is 6.43. The van der Waals surface area contributed by atoms with Gasteiger partial charge in [0.05, 0.1) is 11.9 Å². The molecule has 0 unspecified atom stereocenters. The van der Waals surface area contributed by atoms with Gasteiger partial charge in [-0.3, -0.25) is 4.90 Å². The minimum absolute atomic E-state index is 0.256. The molecule has 3 heterocycles. The van der Waals surface area contributed by atoms with Crippen molar-refractivity contribution in [2.24, 2.45) is 0 Å². The number of rotatable bonds is 3. The van der Waals surface area contributed by atoms with Crippen molar-refractivity contribution in [2.45, 2.75) is 19.5 Å². The summed E-state index contributed by atoms with van der Waals surface area (Å²) in [6, 6.07) is 11.6. The third kappa shape index (κ3) is 3.16. The van der Waals surface area contributed by atoms with Gasteiger partial charge < -0.3 is 9.47 Å². The van der Waals surface area contributed by atoms with Crippen LogP contribution in [-0.4, -0.2) is 28.0 Å². The number of nitrogens with zero attached hydrogens (tertiary/aromatic N) is 3. The van der Waals surface area contributed by atoms with Crippen LogP contribution in [0.3, 0.4) is 0 Å². The summed E-state index contributed by atoms with van der Waals surface area (Å²) >= 11 is 12.4. The van der Waals surface area contributed by atoms with Crippen LogP contribution < -0.4 is 9.47 Å². The Morgan fingerprint density at radius 1 is 1.04 bits per heavy atom. The van der Waals surface area contributed by atoms with Gasteiger partial charge in [-0.1, -0.05) is 23.2 Å². The fourth-order valence-corrected chi connectivity index (χ4v) is 3.99. The highest BCUT2D eigenvalue weighted by Gasteiger charge is 2.23. The van der Waals surface area contributed by atoms with Crippen LogP contribution in [0.1, 0.15) is 16.8 Å². The molecule has 0 saturated carbocycles. The van der Waals surface area contributed by atoms with Crippen LogP contribution in [0.25, 0.3) is 5.69 Å². The number of hydrogen-bond donors (Lipinski definition) is 0. The van der Waals surface area contributed by atoms with Gasteiger partial charge in [0, 0.05) is 53.4 Å². The zero-order chi connectivity index (χ0) is 18.4. The molecule has 0 aliphatic carbocycles. The van der Waals surface area contributed by atoms with Gasteiger partial charge in [-0.25, -0.2) is 4.68 Å². The standard InChI is InChI=1S/C20H17Cl2N3O2/c21-15-1-3-16(4-2-15)25-18-5-6-24(11-14(18)9-23-25)10-13-7-19-20(8-17(13)22)27-12-26-19/h1-4,7-9H,5-6,10-12H2. The zero-order valence-electron chi connectivity index (χ0n) is 14.5. The number of hydrogen-bond acceptors (Lipinski definition) is 4. The van der Waals surface area contributed by atoms with Gasteiger partial charge in [0.25, 0.3) is 0 Å². The van der Waals surface area contributed by atoms with Crippen molar-refractivity contribution in [3.63, 3.8) is 0 Å². The minimum Gasteiger partial charge on any atom is -0.454 e. The monoisotopic (exact) mass is 401 g/mol. The average molecular weight is 402 g/mol. The van der Waals surface area contributed by atoms with E-state index in [1.165, 1.54) is 11.3 Å². The van der Waals surface area contributed by atoms with Crippen LogP contribution in [0, 0.1) is 0 Å². The van der Waals surface area contributed by atoms with Crippen molar-refractivity contribution in [1.82, 2.24) is 14.7 Å². The van der Waals surface area contributed by atoms with Crippen molar-refractivity contribution < 1.29 is 9.47 Å². The minimum atomic E-state index is 0.256. The van der Waals surface area contributed by atoms with E-state index in [0.29, 0.717) is 10.8 Å². The molecule has 5 nitrogen and oxygen atoms in total. The van der Waals surface area contributed by atoms with Gasteiger partial charge in [-0.15, -0.1) is 0 Å². The molecule has 0 amide bonds. The van der Waals surface area contributed by atoms with Gasteiger partial charge in [-0.05, 0) is 35.9 Å². The summed E-state index contributed by atoms with van der Waals surface area (Å²) in [5.74, 6) is 1.48. The van der Waals surface area contributed by atoms with Crippen molar-refractivity contribution in [1.29, 1.82) is 0 Å². The predicted octanol–water partition coefficient (Wildman–Crippen LogP) is 4.47. The Kier molecular flexibility index (Phi) is 4.23. The summed E-state index contributed by atoms with van der Waals surface area (Å²) in [7, 11) is 0. The van der Waals surface area contributed by atoms with E-state index in [1.54, 1.807) is 0 Å². The number of aromatic nitrogens is 2. The molecule has 0 saturated heterocycles. The normalized spacial score (nSPS) is 15.8. The van der Waals surface area contributed by atoms with Crippen LogP contribution in [0.2, 0.25) is 10.0 Å². The predicted molar refractivity (Wildman–Crippen MR) is 104 cm³/mol. The fourth-order valence-electron chi connectivity index (χ4n) is 3.65. The highest BCUT2D eigenvalue weighted by atomic mass is 35.5. The number of fused-ring (bicyclic) bond motifs is 2. The van der Waals surface area contributed by atoms with E-state index in [0.717, 1.165) is 48.1 Å². The van der Waals surface area contributed by atoms with Crippen molar-refractivity contribution >= 4 is 23.2 Å². The topological polar surface area (TPSA) is 39.5 Å². The second-order valence-electron chi connectivity index (χ2n) is 6.76. The molecule has 0 atom stereocenters. The molecule has 1 aromatic heterocycles. The Morgan fingerprint density at radius 2 is 1.81 bits per heavy atom. The molecule has 2 aromatic carbocycles. The van der Waals surface area contributed by atoms with Crippen LogP contribution in [-0.2, 0) is 19.5 Å². The summed E-state index contributed by atoms with van der Waals surface area (Å²) in [4.78, 5) is 2.37.